The lowest BCUT2D eigenvalue weighted by molar-refractivity contribution is -0.167. The van der Waals surface area contributed by atoms with Crippen LogP contribution in [0.1, 0.15) is 181 Å². The van der Waals surface area contributed by atoms with Crippen molar-refractivity contribution in [1.29, 1.82) is 0 Å². The summed E-state index contributed by atoms with van der Waals surface area (Å²) in [6, 6.07) is 0. The smallest absolute Gasteiger partial charge is 0.306 e. The van der Waals surface area contributed by atoms with E-state index in [4.69, 9.17) is 14.2 Å². The molecule has 0 saturated carbocycles. The number of rotatable bonds is 31. The van der Waals surface area contributed by atoms with Crippen molar-refractivity contribution >= 4 is 17.9 Å². The summed E-state index contributed by atoms with van der Waals surface area (Å²) in [6.07, 6.45) is 29.4. The highest BCUT2D eigenvalue weighted by molar-refractivity contribution is 5.71. The van der Waals surface area contributed by atoms with Crippen molar-refractivity contribution in [3.63, 3.8) is 0 Å². The summed E-state index contributed by atoms with van der Waals surface area (Å²) in [5.74, 6) is -0.907. The SMILES string of the molecule is CCCCC/C=C\CCCCCCCC(=O)OCC(COC(=O)CCCCCCCC)OC(=O)CCCCCCCC. The first-order valence-corrected chi connectivity index (χ1v) is 17.7. The Kier molecular flexibility index (Phi) is 30.7. The Morgan fingerprint density at radius 3 is 1.24 bits per heavy atom. The van der Waals surface area contributed by atoms with Crippen LogP contribution in [-0.4, -0.2) is 37.2 Å². The van der Waals surface area contributed by atoms with Crippen LogP contribution >= 0.6 is 0 Å². The fraction of sp³-hybridized carbons (Fsp3) is 0.861. The maximum absolute atomic E-state index is 12.4. The Bertz CT molecular complexity index is 659. The second kappa shape index (κ2) is 32.1. The van der Waals surface area contributed by atoms with Gasteiger partial charge in [-0.3, -0.25) is 14.4 Å². The van der Waals surface area contributed by atoms with E-state index < -0.39 is 6.10 Å². The van der Waals surface area contributed by atoms with Crippen molar-refractivity contribution in [2.75, 3.05) is 13.2 Å². The standard InChI is InChI=1S/C36H66O6/c1-4-7-10-13-16-17-18-19-20-21-24-26-29-35(38)41-32-33(42-36(39)30-27-23-15-12-9-6-3)31-40-34(37)28-25-22-14-11-8-5-2/h16-17,33H,4-15,18-32H2,1-3H3/b17-16-. The number of esters is 3. The number of allylic oxidation sites excluding steroid dienone is 2. The average molecular weight is 595 g/mol. The van der Waals surface area contributed by atoms with Crippen molar-refractivity contribution in [1.82, 2.24) is 0 Å². The zero-order valence-corrected chi connectivity index (χ0v) is 27.8. The fourth-order valence-electron chi connectivity index (χ4n) is 4.79. The minimum Gasteiger partial charge on any atom is -0.462 e. The maximum atomic E-state index is 12.4. The molecule has 0 saturated heterocycles. The Morgan fingerprint density at radius 2 is 0.786 bits per heavy atom. The number of unbranched alkanes of at least 4 members (excludes halogenated alkanes) is 18. The summed E-state index contributed by atoms with van der Waals surface area (Å²) >= 11 is 0. The molecule has 0 spiro atoms. The molecule has 0 N–H and O–H groups in total. The molecule has 6 heteroatoms. The first-order valence-electron chi connectivity index (χ1n) is 17.7. The molecule has 0 amide bonds. The Morgan fingerprint density at radius 1 is 0.452 bits per heavy atom. The quantitative estimate of drug-likeness (QED) is 0.0344. The normalized spacial score (nSPS) is 12.0. The van der Waals surface area contributed by atoms with Gasteiger partial charge < -0.3 is 14.2 Å². The third-order valence-corrected chi connectivity index (χ3v) is 7.52. The third kappa shape index (κ3) is 29.6. The van der Waals surface area contributed by atoms with Crippen molar-refractivity contribution in [3.05, 3.63) is 12.2 Å². The van der Waals surface area contributed by atoms with E-state index in [2.05, 4.69) is 32.9 Å². The van der Waals surface area contributed by atoms with Gasteiger partial charge >= 0.3 is 17.9 Å². The molecule has 0 heterocycles. The molecule has 6 nitrogen and oxygen atoms in total. The molecule has 246 valence electrons. The number of carbonyl (C=O) groups excluding carboxylic acids is 3. The topological polar surface area (TPSA) is 78.9 Å². The zero-order chi connectivity index (χ0) is 30.9. The van der Waals surface area contributed by atoms with Gasteiger partial charge in [0.2, 0.25) is 0 Å². The molecule has 0 radical (unpaired) electrons. The molecule has 0 aromatic carbocycles. The van der Waals surface area contributed by atoms with Gasteiger partial charge in [0.25, 0.3) is 0 Å². The molecule has 0 rings (SSSR count). The molecule has 0 aliphatic rings. The van der Waals surface area contributed by atoms with E-state index >= 15 is 0 Å². The van der Waals surface area contributed by atoms with E-state index in [0.29, 0.717) is 19.3 Å². The van der Waals surface area contributed by atoms with E-state index in [1.165, 1.54) is 77.0 Å². The van der Waals surface area contributed by atoms with Crippen LogP contribution in [0.25, 0.3) is 0 Å². The lowest BCUT2D eigenvalue weighted by Gasteiger charge is -2.18. The monoisotopic (exact) mass is 594 g/mol. The first kappa shape index (κ1) is 40.1. The first-order chi connectivity index (χ1) is 20.5. The third-order valence-electron chi connectivity index (χ3n) is 7.52. The van der Waals surface area contributed by atoms with Gasteiger partial charge in [0.15, 0.2) is 6.10 Å². The summed E-state index contributed by atoms with van der Waals surface area (Å²) < 4.78 is 16.4. The zero-order valence-electron chi connectivity index (χ0n) is 27.8. The van der Waals surface area contributed by atoms with E-state index in [1.54, 1.807) is 0 Å². The lowest BCUT2D eigenvalue weighted by Crippen LogP contribution is -2.30. The molecule has 0 aliphatic carbocycles. The molecule has 1 unspecified atom stereocenters. The van der Waals surface area contributed by atoms with Crippen molar-refractivity contribution in [2.24, 2.45) is 0 Å². The second-order valence-electron chi connectivity index (χ2n) is 11.8. The molecule has 42 heavy (non-hydrogen) atoms. The summed E-state index contributed by atoms with van der Waals surface area (Å²) in [6.45, 7) is 6.45. The van der Waals surface area contributed by atoms with Gasteiger partial charge in [-0.2, -0.15) is 0 Å². The predicted molar refractivity (Wildman–Crippen MR) is 173 cm³/mol. The number of ether oxygens (including phenoxy) is 3. The van der Waals surface area contributed by atoms with Gasteiger partial charge in [-0.05, 0) is 44.9 Å². The fourth-order valence-corrected chi connectivity index (χ4v) is 4.79. The van der Waals surface area contributed by atoms with Crippen LogP contribution in [0.5, 0.6) is 0 Å². The predicted octanol–water partition coefficient (Wildman–Crippen LogP) is 10.4. The largest absolute Gasteiger partial charge is 0.462 e. The van der Waals surface area contributed by atoms with Gasteiger partial charge in [0, 0.05) is 19.3 Å². The van der Waals surface area contributed by atoms with Crippen molar-refractivity contribution in [2.45, 2.75) is 187 Å². The summed E-state index contributed by atoms with van der Waals surface area (Å²) in [7, 11) is 0. The minimum atomic E-state index is -0.759. The molecule has 1 atom stereocenters. The summed E-state index contributed by atoms with van der Waals surface area (Å²) in [5, 5.41) is 0. The van der Waals surface area contributed by atoms with Crippen LogP contribution < -0.4 is 0 Å². The Balaban J connectivity index is 4.28. The summed E-state index contributed by atoms with van der Waals surface area (Å²) in [5.41, 5.74) is 0. The van der Waals surface area contributed by atoms with Gasteiger partial charge in [-0.1, -0.05) is 129 Å². The number of hydrogen-bond acceptors (Lipinski definition) is 6. The van der Waals surface area contributed by atoms with Crippen LogP contribution in [0.4, 0.5) is 0 Å². The molecule has 0 fully saturated rings. The van der Waals surface area contributed by atoms with Crippen LogP contribution in [0.3, 0.4) is 0 Å². The molecular formula is C36H66O6. The average Bonchev–Trinajstić information content (AvgIpc) is 2.98. The van der Waals surface area contributed by atoms with Gasteiger partial charge in [0.05, 0.1) is 0 Å². The lowest BCUT2D eigenvalue weighted by atomic mass is 10.1. The maximum Gasteiger partial charge on any atom is 0.306 e. The van der Waals surface area contributed by atoms with E-state index in [9.17, 15) is 14.4 Å². The highest BCUT2D eigenvalue weighted by atomic mass is 16.6. The highest BCUT2D eigenvalue weighted by Crippen LogP contribution is 2.12. The Labute approximate surface area is 259 Å². The molecule has 0 bridgehead atoms. The van der Waals surface area contributed by atoms with E-state index in [1.807, 2.05) is 0 Å². The molecule has 0 aromatic heterocycles. The van der Waals surface area contributed by atoms with Gasteiger partial charge in [0.1, 0.15) is 13.2 Å². The number of carbonyl (C=O) groups is 3. The Hall–Kier alpha value is -1.85. The van der Waals surface area contributed by atoms with Crippen molar-refractivity contribution in [3.8, 4) is 0 Å². The molecular weight excluding hydrogens is 528 g/mol. The summed E-state index contributed by atoms with van der Waals surface area (Å²) in [4.78, 5) is 37.0. The molecule has 0 aliphatic heterocycles. The van der Waals surface area contributed by atoms with Crippen molar-refractivity contribution < 1.29 is 28.6 Å². The van der Waals surface area contributed by atoms with Crippen LogP contribution in [0.15, 0.2) is 12.2 Å². The molecule has 0 aromatic rings. The highest BCUT2D eigenvalue weighted by Gasteiger charge is 2.19. The van der Waals surface area contributed by atoms with Crippen LogP contribution in [0.2, 0.25) is 0 Å². The van der Waals surface area contributed by atoms with Crippen LogP contribution in [0, 0.1) is 0 Å². The van der Waals surface area contributed by atoms with Gasteiger partial charge in [-0.15, -0.1) is 0 Å². The van der Waals surface area contributed by atoms with E-state index in [0.717, 1.165) is 64.2 Å². The second-order valence-corrected chi connectivity index (χ2v) is 11.8. The van der Waals surface area contributed by atoms with Crippen LogP contribution in [-0.2, 0) is 28.6 Å². The van der Waals surface area contributed by atoms with E-state index in [-0.39, 0.29) is 31.1 Å². The number of hydrogen-bond donors (Lipinski definition) is 0. The van der Waals surface area contributed by atoms with Gasteiger partial charge in [-0.25, -0.2) is 0 Å². The minimum absolute atomic E-state index is 0.0722.